The van der Waals surface area contributed by atoms with Gasteiger partial charge in [-0.15, -0.1) is 11.8 Å². The van der Waals surface area contributed by atoms with Crippen LogP contribution in [-0.4, -0.2) is 25.1 Å². The molecule has 0 aromatic heterocycles. The molecule has 112 valence electrons. The Kier molecular flexibility index (Phi) is 5.53. The first-order valence-corrected chi connectivity index (χ1v) is 7.72. The van der Waals surface area contributed by atoms with Crippen molar-refractivity contribution < 1.29 is 14.6 Å². The zero-order valence-electron chi connectivity index (χ0n) is 12.5. The van der Waals surface area contributed by atoms with Crippen LogP contribution in [0.15, 0.2) is 47.4 Å². The van der Waals surface area contributed by atoms with Gasteiger partial charge in [-0.05, 0) is 36.2 Å². The fourth-order valence-electron chi connectivity index (χ4n) is 2.01. The molecule has 0 bridgehead atoms. The summed E-state index contributed by atoms with van der Waals surface area (Å²) in [5, 5.41) is 10.4. The Balaban J connectivity index is 2.09. The summed E-state index contributed by atoms with van der Waals surface area (Å²) in [5.74, 6) is 1.95. The third-order valence-electron chi connectivity index (χ3n) is 3.25. The minimum absolute atomic E-state index is 0.571. The van der Waals surface area contributed by atoms with E-state index in [0.717, 1.165) is 5.56 Å². The molecule has 0 saturated carbocycles. The van der Waals surface area contributed by atoms with E-state index in [2.05, 4.69) is 19.1 Å². The van der Waals surface area contributed by atoms with Crippen LogP contribution in [0.5, 0.6) is 11.5 Å². The first kappa shape index (κ1) is 15.7. The Morgan fingerprint density at radius 2 is 1.67 bits per heavy atom. The highest BCUT2D eigenvalue weighted by molar-refractivity contribution is 7.99. The quantitative estimate of drug-likeness (QED) is 0.823. The predicted molar refractivity (Wildman–Crippen MR) is 86.4 cm³/mol. The van der Waals surface area contributed by atoms with Gasteiger partial charge < -0.3 is 14.6 Å². The number of hydrogen-bond donors (Lipinski definition) is 1. The molecule has 0 aliphatic heterocycles. The van der Waals surface area contributed by atoms with Crippen molar-refractivity contribution in [3.63, 3.8) is 0 Å². The van der Waals surface area contributed by atoms with E-state index in [1.807, 2.05) is 24.3 Å². The standard InChI is InChI=1S/C17H20O3S/c1-12-6-4-5-7-17(12)21-11-16(18)13-8-14(19-2)10-15(9-13)20-3/h4-10,16,18H,11H2,1-3H3. The van der Waals surface area contributed by atoms with Gasteiger partial charge in [-0.25, -0.2) is 0 Å². The number of aryl methyl sites for hydroxylation is 1. The molecule has 0 heterocycles. The number of ether oxygens (including phenoxy) is 2. The Labute approximate surface area is 129 Å². The topological polar surface area (TPSA) is 38.7 Å². The first-order chi connectivity index (χ1) is 10.1. The monoisotopic (exact) mass is 304 g/mol. The summed E-state index contributed by atoms with van der Waals surface area (Å²) in [6, 6.07) is 13.6. The molecule has 2 rings (SSSR count). The molecule has 0 fully saturated rings. The molecule has 0 spiro atoms. The fraction of sp³-hybridized carbons (Fsp3) is 0.294. The lowest BCUT2D eigenvalue weighted by molar-refractivity contribution is 0.203. The van der Waals surface area contributed by atoms with Crippen molar-refractivity contribution in [2.45, 2.75) is 17.9 Å². The molecule has 0 amide bonds. The second-order valence-electron chi connectivity index (χ2n) is 4.74. The summed E-state index contributed by atoms with van der Waals surface area (Å²) in [7, 11) is 3.21. The molecule has 1 unspecified atom stereocenters. The van der Waals surface area contributed by atoms with Crippen LogP contribution < -0.4 is 9.47 Å². The highest BCUT2D eigenvalue weighted by atomic mass is 32.2. The highest BCUT2D eigenvalue weighted by Gasteiger charge is 2.12. The van der Waals surface area contributed by atoms with Gasteiger partial charge in [-0.1, -0.05) is 18.2 Å². The highest BCUT2D eigenvalue weighted by Crippen LogP contribution is 2.31. The molecular weight excluding hydrogens is 284 g/mol. The van der Waals surface area contributed by atoms with Gasteiger partial charge in [0.1, 0.15) is 11.5 Å². The lowest BCUT2D eigenvalue weighted by Gasteiger charge is -2.14. The number of methoxy groups -OCH3 is 2. The minimum Gasteiger partial charge on any atom is -0.497 e. The summed E-state index contributed by atoms with van der Waals surface area (Å²) in [4.78, 5) is 1.19. The van der Waals surface area contributed by atoms with E-state index in [1.54, 1.807) is 32.0 Å². The van der Waals surface area contributed by atoms with Crippen LogP contribution in [0, 0.1) is 6.92 Å². The average molecular weight is 304 g/mol. The molecule has 0 saturated heterocycles. The van der Waals surface area contributed by atoms with Crippen molar-refractivity contribution >= 4 is 11.8 Å². The van der Waals surface area contributed by atoms with Gasteiger partial charge in [-0.2, -0.15) is 0 Å². The van der Waals surface area contributed by atoms with Crippen LogP contribution in [0.25, 0.3) is 0 Å². The van der Waals surface area contributed by atoms with Crippen LogP contribution in [-0.2, 0) is 0 Å². The second-order valence-corrected chi connectivity index (χ2v) is 5.80. The summed E-state index contributed by atoms with van der Waals surface area (Å²) in [5.41, 5.74) is 2.02. The molecule has 3 nitrogen and oxygen atoms in total. The zero-order valence-corrected chi connectivity index (χ0v) is 13.3. The molecule has 2 aromatic carbocycles. The maximum Gasteiger partial charge on any atom is 0.122 e. The number of benzene rings is 2. The summed E-state index contributed by atoms with van der Waals surface area (Å²) >= 11 is 1.65. The molecule has 2 aromatic rings. The van der Waals surface area contributed by atoms with E-state index in [4.69, 9.17) is 9.47 Å². The average Bonchev–Trinajstić information content (AvgIpc) is 2.53. The third-order valence-corrected chi connectivity index (χ3v) is 4.50. The first-order valence-electron chi connectivity index (χ1n) is 6.73. The lowest BCUT2D eigenvalue weighted by atomic mass is 10.1. The van der Waals surface area contributed by atoms with Crippen molar-refractivity contribution in [2.24, 2.45) is 0 Å². The van der Waals surface area contributed by atoms with Crippen molar-refractivity contribution in [1.82, 2.24) is 0 Å². The Bertz CT molecular complexity index is 576. The summed E-state index contributed by atoms with van der Waals surface area (Å²) in [6.07, 6.45) is -0.571. The number of aliphatic hydroxyl groups excluding tert-OH is 1. The van der Waals surface area contributed by atoms with Gasteiger partial charge in [0.15, 0.2) is 0 Å². The Morgan fingerprint density at radius 3 is 2.24 bits per heavy atom. The maximum atomic E-state index is 10.4. The maximum absolute atomic E-state index is 10.4. The van der Waals surface area contributed by atoms with Crippen LogP contribution in [0.2, 0.25) is 0 Å². The lowest BCUT2D eigenvalue weighted by Crippen LogP contribution is -2.02. The van der Waals surface area contributed by atoms with Gasteiger partial charge >= 0.3 is 0 Å². The Hall–Kier alpha value is -1.65. The van der Waals surface area contributed by atoms with Gasteiger partial charge in [-0.3, -0.25) is 0 Å². The zero-order chi connectivity index (χ0) is 15.2. The predicted octanol–water partition coefficient (Wildman–Crippen LogP) is 3.84. The van der Waals surface area contributed by atoms with E-state index >= 15 is 0 Å². The van der Waals surface area contributed by atoms with E-state index in [1.165, 1.54) is 10.5 Å². The summed E-state index contributed by atoms with van der Waals surface area (Å²) in [6.45, 7) is 2.07. The van der Waals surface area contributed by atoms with Gasteiger partial charge in [0, 0.05) is 16.7 Å². The minimum atomic E-state index is -0.571. The van der Waals surface area contributed by atoms with Crippen molar-refractivity contribution in [2.75, 3.05) is 20.0 Å². The number of rotatable bonds is 6. The number of thioether (sulfide) groups is 1. The second kappa shape index (κ2) is 7.38. The number of aliphatic hydroxyl groups is 1. The van der Waals surface area contributed by atoms with E-state index in [9.17, 15) is 5.11 Å². The molecule has 1 atom stereocenters. The van der Waals surface area contributed by atoms with Gasteiger partial charge in [0.2, 0.25) is 0 Å². The number of hydrogen-bond acceptors (Lipinski definition) is 4. The SMILES string of the molecule is COc1cc(OC)cc(C(O)CSc2ccccc2C)c1. The van der Waals surface area contributed by atoms with Crippen molar-refractivity contribution in [3.05, 3.63) is 53.6 Å². The van der Waals surface area contributed by atoms with Crippen LogP contribution >= 0.6 is 11.8 Å². The smallest absolute Gasteiger partial charge is 0.122 e. The van der Waals surface area contributed by atoms with E-state index in [-0.39, 0.29) is 0 Å². The molecule has 0 aliphatic rings. The van der Waals surface area contributed by atoms with Crippen LogP contribution in [0.3, 0.4) is 0 Å². The van der Waals surface area contributed by atoms with Crippen LogP contribution in [0.4, 0.5) is 0 Å². The molecular formula is C17H20O3S. The van der Waals surface area contributed by atoms with Crippen molar-refractivity contribution in [3.8, 4) is 11.5 Å². The Morgan fingerprint density at radius 1 is 1.05 bits per heavy atom. The third kappa shape index (κ3) is 4.16. The largest absolute Gasteiger partial charge is 0.497 e. The molecule has 0 radical (unpaired) electrons. The van der Waals surface area contributed by atoms with Crippen LogP contribution in [0.1, 0.15) is 17.2 Å². The molecule has 21 heavy (non-hydrogen) atoms. The summed E-state index contributed by atoms with van der Waals surface area (Å²) < 4.78 is 10.5. The van der Waals surface area contributed by atoms with E-state index < -0.39 is 6.10 Å². The fourth-order valence-corrected chi connectivity index (χ4v) is 3.01. The van der Waals surface area contributed by atoms with Gasteiger partial charge in [0.05, 0.1) is 20.3 Å². The molecule has 0 aliphatic carbocycles. The van der Waals surface area contributed by atoms with Crippen molar-refractivity contribution in [1.29, 1.82) is 0 Å². The molecule has 4 heteroatoms. The normalized spacial score (nSPS) is 12.0. The molecule has 1 N–H and O–H groups in total. The van der Waals surface area contributed by atoms with Gasteiger partial charge in [0.25, 0.3) is 0 Å². The van der Waals surface area contributed by atoms with E-state index in [0.29, 0.717) is 17.3 Å².